The van der Waals surface area contributed by atoms with Crippen LogP contribution < -0.4 is 9.80 Å². The predicted molar refractivity (Wildman–Crippen MR) is 106 cm³/mol. The normalized spacial score (nSPS) is 24.5. The van der Waals surface area contributed by atoms with Crippen LogP contribution in [0.15, 0.2) is 42.5 Å². The number of phenols is 1. The van der Waals surface area contributed by atoms with E-state index in [0.29, 0.717) is 17.7 Å². The predicted octanol–water partition coefficient (Wildman–Crippen LogP) is 3.06. The first kappa shape index (κ1) is 16.0. The van der Waals surface area contributed by atoms with Crippen LogP contribution in [-0.2, 0) is 6.42 Å². The molecule has 4 nitrogen and oxygen atoms in total. The van der Waals surface area contributed by atoms with Crippen molar-refractivity contribution in [2.24, 2.45) is 0 Å². The number of anilines is 2. The molecular formula is C22H27N3O. The van der Waals surface area contributed by atoms with Gasteiger partial charge in [0, 0.05) is 51.7 Å². The molecule has 136 valence electrons. The zero-order valence-electron chi connectivity index (χ0n) is 15.4. The molecule has 3 aliphatic rings. The molecule has 2 atom stereocenters. The number of likely N-dealkylation sites (N-methyl/N-ethyl adjacent to an activating group) is 1. The van der Waals surface area contributed by atoms with Gasteiger partial charge in [0.15, 0.2) is 0 Å². The van der Waals surface area contributed by atoms with Gasteiger partial charge in [-0.1, -0.05) is 30.3 Å². The SMILES string of the molecule is CN1CCN2c3c(cccc31)[C@@H]1CN(CCc3ccccc3O)CC[C@@H]12. The summed E-state index contributed by atoms with van der Waals surface area (Å²) in [6, 6.07) is 15.3. The number of nitrogens with zero attached hydrogens (tertiary/aromatic N) is 3. The molecule has 0 aromatic heterocycles. The van der Waals surface area contributed by atoms with E-state index < -0.39 is 0 Å². The lowest BCUT2D eigenvalue weighted by molar-refractivity contribution is 0.195. The number of para-hydroxylation sites is 2. The van der Waals surface area contributed by atoms with Crippen molar-refractivity contribution in [2.75, 3.05) is 49.6 Å². The monoisotopic (exact) mass is 349 g/mol. The molecular weight excluding hydrogens is 322 g/mol. The maximum atomic E-state index is 10.0. The Morgan fingerprint density at radius 3 is 2.81 bits per heavy atom. The summed E-state index contributed by atoms with van der Waals surface area (Å²) in [7, 11) is 2.22. The van der Waals surface area contributed by atoms with Crippen molar-refractivity contribution in [3.8, 4) is 5.75 Å². The first-order valence-electron chi connectivity index (χ1n) is 9.82. The molecule has 0 saturated carbocycles. The molecule has 4 heteroatoms. The van der Waals surface area contributed by atoms with Crippen molar-refractivity contribution in [3.05, 3.63) is 53.6 Å². The lowest BCUT2D eigenvalue weighted by Gasteiger charge is -2.41. The highest BCUT2D eigenvalue weighted by Crippen LogP contribution is 2.50. The fourth-order valence-electron chi connectivity index (χ4n) is 5.18. The molecule has 0 bridgehead atoms. The van der Waals surface area contributed by atoms with E-state index in [1.807, 2.05) is 18.2 Å². The van der Waals surface area contributed by atoms with Gasteiger partial charge >= 0.3 is 0 Å². The zero-order chi connectivity index (χ0) is 17.7. The van der Waals surface area contributed by atoms with Gasteiger partial charge in [0.2, 0.25) is 0 Å². The molecule has 0 aliphatic carbocycles. The van der Waals surface area contributed by atoms with E-state index in [0.717, 1.165) is 44.7 Å². The van der Waals surface area contributed by atoms with Crippen LogP contribution in [0.5, 0.6) is 5.75 Å². The largest absolute Gasteiger partial charge is 0.508 e. The molecule has 0 spiro atoms. The number of piperidine rings is 1. The van der Waals surface area contributed by atoms with E-state index in [1.165, 1.54) is 17.8 Å². The molecule has 26 heavy (non-hydrogen) atoms. The van der Waals surface area contributed by atoms with Gasteiger partial charge in [0.25, 0.3) is 0 Å². The highest BCUT2D eigenvalue weighted by molar-refractivity contribution is 5.80. The maximum absolute atomic E-state index is 10.0. The third-order valence-electron chi connectivity index (χ3n) is 6.57. The number of phenolic OH excluding ortho intramolecular Hbond substituents is 1. The van der Waals surface area contributed by atoms with Gasteiger partial charge in [-0.15, -0.1) is 0 Å². The van der Waals surface area contributed by atoms with Crippen LogP contribution in [0.2, 0.25) is 0 Å². The van der Waals surface area contributed by atoms with E-state index in [4.69, 9.17) is 0 Å². The van der Waals surface area contributed by atoms with Gasteiger partial charge in [-0.25, -0.2) is 0 Å². The first-order valence-corrected chi connectivity index (χ1v) is 9.82. The van der Waals surface area contributed by atoms with Crippen LogP contribution >= 0.6 is 0 Å². The van der Waals surface area contributed by atoms with E-state index in [1.54, 1.807) is 11.6 Å². The summed E-state index contributed by atoms with van der Waals surface area (Å²) in [5.74, 6) is 1.05. The molecule has 2 aromatic rings. The van der Waals surface area contributed by atoms with Crippen LogP contribution in [0.25, 0.3) is 0 Å². The molecule has 5 rings (SSSR count). The standard InChI is InChI=1S/C22H27N3O/c1-23-13-14-25-19-10-12-24(11-9-16-5-2-3-8-21(16)26)15-18(19)17-6-4-7-20(23)22(17)25/h2-8,18-19,26H,9-15H2,1H3/t18-,19-/m0/s1. The molecule has 0 unspecified atom stereocenters. The quantitative estimate of drug-likeness (QED) is 0.922. The van der Waals surface area contributed by atoms with E-state index >= 15 is 0 Å². The van der Waals surface area contributed by atoms with Crippen LogP contribution in [0, 0.1) is 0 Å². The number of aromatic hydroxyl groups is 1. The van der Waals surface area contributed by atoms with Gasteiger partial charge in [0.05, 0.1) is 11.4 Å². The Hall–Kier alpha value is -2.20. The number of hydrogen-bond donors (Lipinski definition) is 1. The lowest BCUT2D eigenvalue weighted by atomic mass is 9.89. The summed E-state index contributed by atoms with van der Waals surface area (Å²) in [4.78, 5) is 7.69. The highest BCUT2D eigenvalue weighted by atomic mass is 16.3. The van der Waals surface area contributed by atoms with E-state index in [9.17, 15) is 5.11 Å². The Balaban J connectivity index is 1.35. The smallest absolute Gasteiger partial charge is 0.118 e. The van der Waals surface area contributed by atoms with Crippen molar-refractivity contribution in [3.63, 3.8) is 0 Å². The fourth-order valence-corrected chi connectivity index (χ4v) is 5.18. The molecule has 0 radical (unpaired) electrons. The van der Waals surface area contributed by atoms with E-state index in [-0.39, 0.29) is 0 Å². The average Bonchev–Trinajstić information content (AvgIpc) is 2.99. The molecule has 3 heterocycles. The molecule has 1 saturated heterocycles. The van der Waals surface area contributed by atoms with Crippen molar-refractivity contribution >= 4 is 11.4 Å². The summed E-state index contributed by atoms with van der Waals surface area (Å²) in [5.41, 5.74) is 5.51. The minimum atomic E-state index is 0.429. The number of hydrogen-bond acceptors (Lipinski definition) is 4. The van der Waals surface area contributed by atoms with Gasteiger partial charge in [-0.3, -0.25) is 0 Å². The Morgan fingerprint density at radius 1 is 1.04 bits per heavy atom. The van der Waals surface area contributed by atoms with Crippen molar-refractivity contribution in [1.82, 2.24) is 4.90 Å². The minimum Gasteiger partial charge on any atom is -0.508 e. The number of fused-ring (bicyclic) bond motifs is 3. The second-order valence-corrected chi connectivity index (χ2v) is 7.97. The lowest BCUT2D eigenvalue weighted by Crippen LogP contribution is -2.49. The molecule has 3 aliphatic heterocycles. The topological polar surface area (TPSA) is 30.0 Å². The van der Waals surface area contributed by atoms with Crippen molar-refractivity contribution in [2.45, 2.75) is 24.8 Å². The minimum absolute atomic E-state index is 0.429. The first-order chi connectivity index (χ1) is 12.7. The number of benzene rings is 2. The van der Waals surface area contributed by atoms with Crippen molar-refractivity contribution < 1.29 is 5.11 Å². The van der Waals surface area contributed by atoms with E-state index in [2.05, 4.69) is 39.9 Å². The molecule has 2 aromatic carbocycles. The Kier molecular flexibility index (Phi) is 3.82. The second kappa shape index (κ2) is 6.20. The highest BCUT2D eigenvalue weighted by Gasteiger charge is 2.44. The van der Waals surface area contributed by atoms with Gasteiger partial charge in [-0.2, -0.15) is 0 Å². The number of likely N-dealkylation sites (tertiary alicyclic amines) is 1. The van der Waals surface area contributed by atoms with Crippen molar-refractivity contribution in [1.29, 1.82) is 0 Å². The second-order valence-electron chi connectivity index (χ2n) is 7.97. The van der Waals surface area contributed by atoms with Crippen LogP contribution in [-0.4, -0.2) is 55.8 Å². The Morgan fingerprint density at radius 2 is 1.92 bits per heavy atom. The average molecular weight is 349 g/mol. The zero-order valence-corrected chi connectivity index (χ0v) is 15.4. The molecule has 1 fully saturated rings. The third-order valence-corrected chi connectivity index (χ3v) is 6.57. The third kappa shape index (κ3) is 2.47. The summed E-state index contributed by atoms with van der Waals surface area (Å²) in [5, 5.41) is 10.0. The molecule has 0 amide bonds. The maximum Gasteiger partial charge on any atom is 0.118 e. The summed E-state index contributed by atoms with van der Waals surface area (Å²) >= 11 is 0. The Bertz CT molecular complexity index is 821. The number of rotatable bonds is 3. The summed E-state index contributed by atoms with van der Waals surface area (Å²) in [6.07, 6.45) is 2.16. The van der Waals surface area contributed by atoms with Gasteiger partial charge in [0.1, 0.15) is 5.75 Å². The summed E-state index contributed by atoms with van der Waals surface area (Å²) < 4.78 is 0. The fraction of sp³-hybridized carbons (Fsp3) is 0.455. The van der Waals surface area contributed by atoms with Crippen LogP contribution in [0.1, 0.15) is 23.5 Å². The molecule has 1 N–H and O–H groups in total. The van der Waals surface area contributed by atoms with Gasteiger partial charge < -0.3 is 19.8 Å². The van der Waals surface area contributed by atoms with Crippen LogP contribution in [0.3, 0.4) is 0 Å². The van der Waals surface area contributed by atoms with Gasteiger partial charge in [-0.05, 0) is 36.1 Å². The van der Waals surface area contributed by atoms with Crippen LogP contribution in [0.4, 0.5) is 11.4 Å². The summed E-state index contributed by atoms with van der Waals surface area (Å²) in [6.45, 7) is 5.59. The Labute approximate surface area is 155 Å².